The molecule has 1 N–H and O–H groups in total. The molecule has 108 valence electrons. The lowest BCUT2D eigenvalue weighted by Crippen LogP contribution is -2.51. The Bertz CT molecular complexity index is 320. The molecule has 19 heavy (non-hydrogen) atoms. The van der Waals surface area contributed by atoms with Crippen molar-refractivity contribution >= 4 is 0 Å². The van der Waals surface area contributed by atoms with Gasteiger partial charge >= 0.3 is 0 Å². The van der Waals surface area contributed by atoms with Crippen molar-refractivity contribution in [3.8, 4) is 0 Å². The van der Waals surface area contributed by atoms with Gasteiger partial charge in [0.25, 0.3) is 0 Å². The van der Waals surface area contributed by atoms with Gasteiger partial charge in [0.05, 0.1) is 0 Å². The van der Waals surface area contributed by atoms with Crippen LogP contribution in [-0.4, -0.2) is 62.2 Å². The van der Waals surface area contributed by atoms with Crippen LogP contribution in [0.4, 0.5) is 0 Å². The summed E-state index contributed by atoms with van der Waals surface area (Å²) in [5.41, 5.74) is 0. The molecule has 0 aromatic rings. The predicted octanol–water partition coefficient (Wildman–Crippen LogP) is 1.42. The number of hydrogen-bond donors (Lipinski definition) is 1. The van der Waals surface area contributed by atoms with Gasteiger partial charge in [0, 0.05) is 38.8 Å². The normalized spacial score (nSPS) is 37.1. The predicted molar refractivity (Wildman–Crippen MR) is 80.2 cm³/mol. The Morgan fingerprint density at radius 1 is 1.16 bits per heavy atom. The molecule has 0 aromatic heterocycles. The number of fused-ring (bicyclic) bond motifs is 2. The number of nitrogens with one attached hydrogen (secondary N) is 1. The Morgan fingerprint density at radius 3 is 2.58 bits per heavy atom. The van der Waals surface area contributed by atoms with Crippen LogP contribution in [0.5, 0.6) is 0 Å². The van der Waals surface area contributed by atoms with Gasteiger partial charge in [0.2, 0.25) is 0 Å². The number of nitrogens with zero attached hydrogens (tertiary/aromatic N) is 2. The highest BCUT2D eigenvalue weighted by Gasteiger charge is 2.35. The fourth-order valence-corrected chi connectivity index (χ4v) is 4.00. The maximum absolute atomic E-state index is 3.73. The van der Waals surface area contributed by atoms with Gasteiger partial charge in [-0.3, -0.25) is 4.90 Å². The van der Waals surface area contributed by atoms with Crippen LogP contribution in [0.15, 0.2) is 12.2 Å². The van der Waals surface area contributed by atoms with Crippen molar-refractivity contribution in [3.63, 3.8) is 0 Å². The number of allylic oxidation sites excluding steroid dienone is 2. The number of piperazine rings is 1. The second kappa shape index (κ2) is 5.94. The van der Waals surface area contributed by atoms with E-state index in [1.807, 2.05) is 0 Å². The first kappa shape index (κ1) is 13.6. The molecule has 3 aliphatic rings. The van der Waals surface area contributed by atoms with Crippen molar-refractivity contribution in [2.24, 2.45) is 17.8 Å². The first-order chi connectivity index (χ1) is 9.22. The van der Waals surface area contributed by atoms with E-state index >= 15 is 0 Å². The molecule has 0 amide bonds. The molecule has 2 fully saturated rings. The molecular formula is C16H29N3. The zero-order valence-corrected chi connectivity index (χ0v) is 12.5. The van der Waals surface area contributed by atoms with Crippen molar-refractivity contribution in [1.82, 2.24) is 15.1 Å². The van der Waals surface area contributed by atoms with Gasteiger partial charge in [-0.15, -0.1) is 0 Å². The van der Waals surface area contributed by atoms with E-state index in [0.717, 1.165) is 24.3 Å². The minimum absolute atomic E-state index is 0.683. The van der Waals surface area contributed by atoms with E-state index in [4.69, 9.17) is 0 Å². The van der Waals surface area contributed by atoms with Gasteiger partial charge in [0.1, 0.15) is 0 Å². The molecule has 1 aliphatic heterocycles. The Morgan fingerprint density at radius 2 is 1.95 bits per heavy atom. The summed E-state index contributed by atoms with van der Waals surface area (Å²) in [4.78, 5) is 5.06. The molecule has 3 nitrogen and oxygen atoms in total. The van der Waals surface area contributed by atoms with E-state index < -0.39 is 0 Å². The van der Waals surface area contributed by atoms with Gasteiger partial charge < -0.3 is 10.2 Å². The van der Waals surface area contributed by atoms with E-state index in [0.29, 0.717) is 6.04 Å². The highest BCUT2D eigenvalue weighted by atomic mass is 15.3. The molecule has 0 spiro atoms. The number of likely N-dealkylation sites (N-methyl/N-ethyl adjacent to an activating group) is 1. The maximum atomic E-state index is 3.73. The van der Waals surface area contributed by atoms with Gasteiger partial charge in [-0.1, -0.05) is 12.2 Å². The third-order valence-electron chi connectivity index (χ3n) is 5.42. The lowest BCUT2D eigenvalue weighted by atomic mass is 9.93. The van der Waals surface area contributed by atoms with Gasteiger partial charge in [-0.25, -0.2) is 0 Å². The Balaban J connectivity index is 1.34. The molecule has 2 aliphatic carbocycles. The zero-order valence-electron chi connectivity index (χ0n) is 12.5. The SMILES string of the molecule is C[C@H](CNC[C@H]1C[C@H]2C=C[C@H]1C2)N1CCN(C)CC1. The highest BCUT2D eigenvalue weighted by molar-refractivity contribution is 5.10. The summed E-state index contributed by atoms with van der Waals surface area (Å²) >= 11 is 0. The molecule has 3 rings (SSSR count). The highest BCUT2D eigenvalue weighted by Crippen LogP contribution is 2.42. The molecule has 1 heterocycles. The zero-order chi connectivity index (χ0) is 13.2. The van der Waals surface area contributed by atoms with Crippen LogP contribution >= 0.6 is 0 Å². The van der Waals surface area contributed by atoms with E-state index in [9.17, 15) is 0 Å². The standard InChI is InChI=1S/C16H29N3/c1-13(19-7-5-18(2)6-8-19)11-17-12-16-10-14-3-4-15(16)9-14/h3-4,13-17H,5-12H2,1-2H3/t13-,14+,15+,16-/m1/s1. The molecule has 4 atom stereocenters. The van der Waals surface area contributed by atoms with E-state index in [1.54, 1.807) is 0 Å². The average Bonchev–Trinajstić information content (AvgIpc) is 3.02. The van der Waals surface area contributed by atoms with Crippen LogP contribution in [0.25, 0.3) is 0 Å². The summed E-state index contributed by atoms with van der Waals surface area (Å²) in [7, 11) is 2.23. The smallest absolute Gasteiger partial charge is 0.0193 e. The Hall–Kier alpha value is -0.380. The number of hydrogen-bond acceptors (Lipinski definition) is 3. The monoisotopic (exact) mass is 263 g/mol. The third-order valence-corrected chi connectivity index (χ3v) is 5.42. The molecule has 0 aromatic carbocycles. The van der Waals surface area contributed by atoms with E-state index in [-0.39, 0.29) is 0 Å². The fraction of sp³-hybridized carbons (Fsp3) is 0.875. The minimum Gasteiger partial charge on any atom is -0.315 e. The Kier molecular flexibility index (Phi) is 4.25. The lowest BCUT2D eigenvalue weighted by Gasteiger charge is -2.36. The van der Waals surface area contributed by atoms with Crippen LogP contribution in [0, 0.1) is 17.8 Å². The second-order valence-corrected chi connectivity index (χ2v) is 6.89. The topological polar surface area (TPSA) is 18.5 Å². The first-order valence-electron chi connectivity index (χ1n) is 8.04. The third kappa shape index (κ3) is 3.21. The Labute approximate surface area is 118 Å². The van der Waals surface area contributed by atoms with Crippen molar-refractivity contribution in [1.29, 1.82) is 0 Å². The van der Waals surface area contributed by atoms with Crippen LogP contribution in [-0.2, 0) is 0 Å². The van der Waals surface area contributed by atoms with Gasteiger partial charge in [0.15, 0.2) is 0 Å². The minimum atomic E-state index is 0.683. The maximum Gasteiger partial charge on any atom is 0.0193 e. The molecule has 0 radical (unpaired) electrons. The molecule has 1 saturated heterocycles. The van der Waals surface area contributed by atoms with Crippen molar-refractivity contribution in [2.45, 2.75) is 25.8 Å². The van der Waals surface area contributed by atoms with Crippen molar-refractivity contribution in [2.75, 3.05) is 46.3 Å². The van der Waals surface area contributed by atoms with Crippen LogP contribution < -0.4 is 5.32 Å². The molecule has 1 saturated carbocycles. The van der Waals surface area contributed by atoms with Gasteiger partial charge in [-0.05, 0) is 51.1 Å². The molecule has 0 unspecified atom stereocenters. The first-order valence-corrected chi connectivity index (χ1v) is 8.04. The summed E-state index contributed by atoms with van der Waals surface area (Å²) in [6.45, 7) is 9.67. The largest absolute Gasteiger partial charge is 0.315 e. The summed E-state index contributed by atoms with van der Waals surface area (Å²) in [5, 5.41) is 3.73. The summed E-state index contributed by atoms with van der Waals surface area (Å²) in [6.07, 6.45) is 7.76. The fourth-order valence-electron chi connectivity index (χ4n) is 4.00. The average molecular weight is 263 g/mol. The lowest BCUT2D eigenvalue weighted by molar-refractivity contribution is 0.117. The van der Waals surface area contributed by atoms with Crippen LogP contribution in [0.1, 0.15) is 19.8 Å². The van der Waals surface area contributed by atoms with E-state index in [2.05, 4.69) is 41.2 Å². The summed E-state index contributed by atoms with van der Waals surface area (Å²) in [5.74, 6) is 2.71. The molecule has 2 bridgehead atoms. The summed E-state index contributed by atoms with van der Waals surface area (Å²) < 4.78 is 0. The number of rotatable bonds is 5. The summed E-state index contributed by atoms with van der Waals surface area (Å²) in [6, 6.07) is 0.683. The van der Waals surface area contributed by atoms with E-state index in [1.165, 1.54) is 45.6 Å². The molecular weight excluding hydrogens is 234 g/mol. The van der Waals surface area contributed by atoms with Crippen molar-refractivity contribution < 1.29 is 0 Å². The molecule has 3 heteroatoms. The second-order valence-electron chi connectivity index (χ2n) is 6.89. The van der Waals surface area contributed by atoms with Gasteiger partial charge in [-0.2, -0.15) is 0 Å². The van der Waals surface area contributed by atoms with Crippen LogP contribution in [0.3, 0.4) is 0 Å². The van der Waals surface area contributed by atoms with Crippen LogP contribution in [0.2, 0.25) is 0 Å². The quantitative estimate of drug-likeness (QED) is 0.757. The van der Waals surface area contributed by atoms with Crippen molar-refractivity contribution in [3.05, 3.63) is 12.2 Å².